The smallest absolute Gasteiger partial charge is 0.260 e. The van der Waals surface area contributed by atoms with Gasteiger partial charge in [-0.1, -0.05) is 24.2 Å². The predicted molar refractivity (Wildman–Crippen MR) is 138 cm³/mol. The maximum Gasteiger partial charge on any atom is 0.260 e. The molecule has 0 saturated carbocycles. The van der Waals surface area contributed by atoms with Gasteiger partial charge >= 0.3 is 0 Å². The average molecular weight is 572 g/mol. The number of anilines is 1. The minimum Gasteiger partial charge on any atom is -1.00 e. The molecule has 2 aromatic carbocycles. The van der Waals surface area contributed by atoms with Gasteiger partial charge in [-0.2, -0.15) is 4.31 Å². The van der Waals surface area contributed by atoms with Gasteiger partial charge in [0, 0.05) is 31.3 Å². The van der Waals surface area contributed by atoms with Crippen LogP contribution in [0, 0.1) is 11.6 Å². The molecule has 1 amide bonds. The molecule has 0 aliphatic carbocycles. The normalized spacial score (nSPS) is 14.9. The van der Waals surface area contributed by atoms with Crippen LogP contribution in [-0.4, -0.2) is 68.8 Å². The second-order valence-electron chi connectivity index (χ2n) is 9.19. The molecule has 3 aromatic rings. The highest BCUT2D eigenvalue weighted by molar-refractivity contribution is 7.89. The lowest BCUT2D eigenvalue weighted by atomic mass is 10.2. The zero-order valence-corrected chi connectivity index (χ0v) is 23.2. The van der Waals surface area contributed by atoms with Gasteiger partial charge in [0.2, 0.25) is 10.0 Å². The summed E-state index contributed by atoms with van der Waals surface area (Å²) < 4.78 is 56.0. The maximum atomic E-state index is 14.3. The van der Waals surface area contributed by atoms with Crippen molar-refractivity contribution < 1.29 is 34.4 Å². The van der Waals surface area contributed by atoms with Crippen LogP contribution in [0.3, 0.4) is 0 Å². The summed E-state index contributed by atoms with van der Waals surface area (Å²) in [6.45, 7) is 2.02. The van der Waals surface area contributed by atoms with Gasteiger partial charge in [0.15, 0.2) is 10.9 Å². The second-order valence-corrected chi connectivity index (χ2v) is 12.1. The summed E-state index contributed by atoms with van der Waals surface area (Å²) >= 11 is 1.04. The molecule has 2 heterocycles. The van der Waals surface area contributed by atoms with Crippen molar-refractivity contribution in [3.63, 3.8) is 0 Å². The van der Waals surface area contributed by atoms with Crippen LogP contribution in [0.2, 0.25) is 0 Å². The number of benzene rings is 2. The van der Waals surface area contributed by atoms with Gasteiger partial charge in [0.1, 0.15) is 11.3 Å². The lowest BCUT2D eigenvalue weighted by Gasteiger charge is -2.22. The number of fused-ring (bicyclic) bond motifs is 1. The number of aromatic nitrogens is 1. The highest BCUT2D eigenvalue weighted by atomic mass is 35.5. The van der Waals surface area contributed by atoms with Gasteiger partial charge in [-0.15, -0.1) is 0 Å². The Morgan fingerprint density at radius 1 is 1.03 bits per heavy atom. The summed E-state index contributed by atoms with van der Waals surface area (Å²) in [4.78, 5) is 21.4. The molecule has 1 aliphatic heterocycles. The van der Waals surface area contributed by atoms with Crippen LogP contribution < -0.4 is 17.3 Å². The third kappa shape index (κ3) is 6.83. The Bertz CT molecular complexity index is 1330. The molecule has 12 heteroatoms. The van der Waals surface area contributed by atoms with Gasteiger partial charge in [-0.05, 0) is 70.2 Å². The first-order valence-corrected chi connectivity index (χ1v) is 14.2. The van der Waals surface area contributed by atoms with Crippen LogP contribution in [-0.2, 0) is 10.0 Å². The molecular formula is C25H30ClF2N4O3S2-. The third-order valence-corrected chi connectivity index (χ3v) is 9.11. The average Bonchev–Trinajstić information content (AvgIpc) is 3.06. The summed E-state index contributed by atoms with van der Waals surface area (Å²) in [5.74, 6) is -1.87. The summed E-state index contributed by atoms with van der Waals surface area (Å²) in [6, 6.07) is 7.88. The molecular weight excluding hydrogens is 542 g/mol. The SMILES string of the molecule is CN(C)CCCN(C(=O)c1ccc(S(=O)(=O)N2CCCCCC2)cc1)c1nc2c(F)cc(F)cc2s1.[Cl-]. The molecule has 7 nitrogen and oxygen atoms in total. The summed E-state index contributed by atoms with van der Waals surface area (Å²) in [7, 11) is 0.210. The van der Waals surface area contributed by atoms with Crippen LogP contribution in [0.4, 0.5) is 13.9 Å². The van der Waals surface area contributed by atoms with Crippen LogP contribution in [0.5, 0.6) is 0 Å². The topological polar surface area (TPSA) is 73.8 Å². The molecule has 4 rings (SSSR count). The summed E-state index contributed by atoms with van der Waals surface area (Å²) in [5.41, 5.74) is 0.307. The molecule has 0 spiro atoms. The van der Waals surface area contributed by atoms with Crippen molar-refractivity contribution in [3.8, 4) is 0 Å². The molecule has 202 valence electrons. The van der Waals surface area contributed by atoms with Gasteiger partial charge in [-0.25, -0.2) is 22.2 Å². The molecule has 0 atom stereocenters. The number of hydrogen-bond acceptors (Lipinski definition) is 6. The van der Waals surface area contributed by atoms with Crippen LogP contribution in [0.1, 0.15) is 42.5 Å². The Labute approximate surface area is 226 Å². The van der Waals surface area contributed by atoms with Gasteiger partial charge < -0.3 is 17.3 Å². The van der Waals surface area contributed by atoms with E-state index in [2.05, 4.69) is 4.98 Å². The number of hydrogen-bond donors (Lipinski definition) is 0. The lowest BCUT2D eigenvalue weighted by molar-refractivity contribution is -0.0000187. The molecule has 0 unspecified atom stereocenters. The van der Waals surface area contributed by atoms with Crippen molar-refractivity contribution >= 4 is 42.6 Å². The van der Waals surface area contributed by atoms with Gasteiger partial charge in [0.25, 0.3) is 5.91 Å². The van der Waals surface area contributed by atoms with E-state index >= 15 is 0 Å². The van der Waals surface area contributed by atoms with E-state index in [0.29, 0.717) is 42.9 Å². The summed E-state index contributed by atoms with van der Waals surface area (Å²) in [5, 5.41) is 0.263. The first kappa shape index (κ1) is 29.4. The minimum absolute atomic E-state index is 0. The fourth-order valence-corrected chi connectivity index (χ4v) is 6.79. The second kappa shape index (κ2) is 12.6. The molecule has 1 aromatic heterocycles. The zero-order chi connectivity index (χ0) is 25.9. The molecule has 1 saturated heterocycles. The van der Waals surface area contributed by atoms with Gasteiger partial charge in [-0.3, -0.25) is 9.69 Å². The first-order chi connectivity index (χ1) is 17.2. The highest BCUT2D eigenvalue weighted by Crippen LogP contribution is 2.32. The van der Waals surface area contributed by atoms with Gasteiger partial charge in [0.05, 0.1) is 9.60 Å². The number of halogens is 3. The molecule has 0 bridgehead atoms. The lowest BCUT2D eigenvalue weighted by Crippen LogP contribution is -3.00. The monoisotopic (exact) mass is 571 g/mol. The minimum atomic E-state index is -3.63. The van der Waals surface area contributed by atoms with E-state index in [1.807, 2.05) is 19.0 Å². The van der Waals surface area contributed by atoms with Crippen molar-refractivity contribution in [3.05, 3.63) is 53.6 Å². The number of nitrogens with zero attached hydrogens (tertiary/aromatic N) is 4. The molecule has 0 radical (unpaired) electrons. The van der Waals surface area contributed by atoms with E-state index in [1.54, 1.807) is 0 Å². The van der Waals surface area contributed by atoms with E-state index in [1.165, 1.54) is 39.5 Å². The molecule has 1 fully saturated rings. The first-order valence-electron chi connectivity index (χ1n) is 12.0. The van der Waals surface area contributed by atoms with Crippen molar-refractivity contribution in [2.75, 3.05) is 45.2 Å². The van der Waals surface area contributed by atoms with Crippen LogP contribution in [0.15, 0.2) is 41.3 Å². The fraction of sp³-hybridized carbons (Fsp3) is 0.440. The zero-order valence-electron chi connectivity index (χ0n) is 20.8. The quantitative estimate of drug-likeness (QED) is 0.412. The molecule has 37 heavy (non-hydrogen) atoms. The predicted octanol–water partition coefficient (Wildman–Crippen LogP) is 1.74. The Balaban J connectivity index is 0.00000380. The molecule has 0 N–H and O–H groups in total. The van der Waals surface area contributed by atoms with Crippen molar-refractivity contribution in [2.45, 2.75) is 37.0 Å². The number of amides is 1. The van der Waals surface area contributed by atoms with Crippen molar-refractivity contribution in [1.82, 2.24) is 14.2 Å². The Hall–Kier alpha value is -2.18. The van der Waals surface area contributed by atoms with E-state index in [0.717, 1.165) is 43.1 Å². The Kier molecular flexibility index (Phi) is 9.99. The van der Waals surface area contributed by atoms with Crippen molar-refractivity contribution in [2.24, 2.45) is 0 Å². The number of sulfonamides is 1. The number of thiazole rings is 1. The fourth-order valence-electron chi connectivity index (χ4n) is 4.25. The molecule has 1 aliphatic rings. The largest absolute Gasteiger partial charge is 1.00 e. The van der Waals surface area contributed by atoms with E-state index in [-0.39, 0.29) is 33.9 Å². The van der Waals surface area contributed by atoms with Crippen LogP contribution >= 0.6 is 11.3 Å². The Morgan fingerprint density at radius 3 is 2.30 bits per heavy atom. The van der Waals surface area contributed by atoms with E-state index in [4.69, 9.17) is 0 Å². The Morgan fingerprint density at radius 2 is 1.68 bits per heavy atom. The maximum absolute atomic E-state index is 14.3. The van der Waals surface area contributed by atoms with E-state index < -0.39 is 21.7 Å². The summed E-state index contributed by atoms with van der Waals surface area (Å²) in [6.07, 6.45) is 4.35. The highest BCUT2D eigenvalue weighted by Gasteiger charge is 2.27. The third-order valence-electron chi connectivity index (χ3n) is 6.17. The number of carbonyl (C=O) groups excluding carboxylic acids is 1. The standard InChI is InChI=1S/C25H30F2N4O3S2.ClH/c1-29(2)12-7-15-31(25-28-23-21(27)16-19(26)17-22(23)35-25)24(32)18-8-10-20(11-9-18)36(33,34)30-13-5-3-4-6-14-30;/h8-11,16-17H,3-7,12-15H2,1-2H3;1H/p-1. The van der Waals surface area contributed by atoms with Crippen LogP contribution in [0.25, 0.3) is 10.2 Å². The van der Waals surface area contributed by atoms with E-state index in [9.17, 15) is 22.0 Å². The number of rotatable bonds is 8. The number of carbonyl (C=O) groups is 1. The van der Waals surface area contributed by atoms with Crippen molar-refractivity contribution in [1.29, 1.82) is 0 Å².